The number of nitrogens with two attached hydrogens (primary N) is 1. The second-order valence-electron chi connectivity index (χ2n) is 10.6. The van der Waals surface area contributed by atoms with Crippen molar-refractivity contribution in [1.29, 1.82) is 0 Å². The van der Waals surface area contributed by atoms with Gasteiger partial charge in [-0.1, -0.05) is 58.9 Å². The summed E-state index contributed by atoms with van der Waals surface area (Å²) in [6, 6.07) is 11.3. The van der Waals surface area contributed by atoms with Crippen LogP contribution >= 0.6 is 11.8 Å². The van der Waals surface area contributed by atoms with Crippen LogP contribution < -0.4 is 11.1 Å². The molecule has 0 spiro atoms. The summed E-state index contributed by atoms with van der Waals surface area (Å²) in [5, 5.41) is 19.6. The van der Waals surface area contributed by atoms with E-state index in [0.717, 1.165) is 21.7 Å². The van der Waals surface area contributed by atoms with E-state index in [1.165, 1.54) is 10.9 Å². The Morgan fingerprint density at radius 2 is 1.65 bits per heavy atom. The van der Waals surface area contributed by atoms with E-state index in [2.05, 4.69) is 42.5 Å². The van der Waals surface area contributed by atoms with Crippen LogP contribution in [0.2, 0.25) is 0 Å². The van der Waals surface area contributed by atoms with Crippen molar-refractivity contribution >= 4 is 35.2 Å². The van der Waals surface area contributed by atoms with Gasteiger partial charge in [-0.05, 0) is 54.0 Å². The third-order valence-corrected chi connectivity index (χ3v) is 6.28. The number of aryl methyl sites for hydroxylation is 1. The van der Waals surface area contributed by atoms with Gasteiger partial charge in [0.15, 0.2) is 5.69 Å². The molecule has 198 valence electrons. The molecule has 0 radical (unpaired) electrons. The molecule has 0 unspecified atom stereocenters. The molecule has 37 heavy (non-hydrogen) atoms. The van der Waals surface area contributed by atoms with Gasteiger partial charge in [0.25, 0.3) is 5.91 Å². The number of carboxylic acids is 1. The number of carbonyl (C=O) groups excluding carboxylic acids is 2. The third-order valence-electron chi connectivity index (χ3n) is 5.48. The molecule has 2 aromatic carbocycles. The van der Waals surface area contributed by atoms with Crippen molar-refractivity contribution in [2.24, 2.45) is 11.1 Å². The number of aromatic carboxylic acids is 1. The summed E-state index contributed by atoms with van der Waals surface area (Å²) < 4.78 is 1.36. The van der Waals surface area contributed by atoms with Crippen LogP contribution in [0.25, 0.3) is 5.69 Å². The molecule has 0 aliphatic heterocycles. The number of hydrogen-bond donors (Lipinski definition) is 3. The number of hydrogen-bond acceptors (Lipinski definition) is 6. The summed E-state index contributed by atoms with van der Waals surface area (Å²) in [6.45, 7) is 13.6. The van der Waals surface area contributed by atoms with Crippen LogP contribution in [0.1, 0.15) is 73.5 Å². The number of rotatable bonds is 5. The predicted molar refractivity (Wildman–Crippen MR) is 147 cm³/mol. The first-order valence-electron chi connectivity index (χ1n) is 11.6. The SMILES string of the molecule is CC(C)(C)C(N)=O.CSc1ccc(C(C)(C)C)cc1NC(=O)c1ccc(C)c(-n2cc(C(=O)O)nn2)c1. The maximum Gasteiger partial charge on any atom is 0.358 e. The second kappa shape index (κ2) is 11.6. The molecule has 0 bridgehead atoms. The van der Waals surface area contributed by atoms with Gasteiger partial charge in [-0.15, -0.1) is 16.9 Å². The fourth-order valence-corrected chi connectivity index (χ4v) is 3.48. The van der Waals surface area contributed by atoms with Crippen LogP contribution in [-0.4, -0.2) is 44.1 Å². The number of aromatic nitrogens is 3. The van der Waals surface area contributed by atoms with Gasteiger partial charge < -0.3 is 16.2 Å². The molecule has 0 aliphatic carbocycles. The molecule has 3 aromatic rings. The van der Waals surface area contributed by atoms with Gasteiger partial charge in [0.05, 0.1) is 17.6 Å². The number of anilines is 1. The lowest BCUT2D eigenvalue weighted by Gasteiger charge is -2.21. The van der Waals surface area contributed by atoms with Crippen LogP contribution in [0, 0.1) is 12.3 Å². The number of primary amides is 1. The normalized spacial score (nSPS) is 11.4. The summed E-state index contributed by atoms with van der Waals surface area (Å²) in [5.41, 5.74) is 8.13. The Hall–Kier alpha value is -3.66. The molecule has 0 fully saturated rings. The molecule has 0 saturated carbocycles. The summed E-state index contributed by atoms with van der Waals surface area (Å²) in [5.74, 6) is -1.67. The van der Waals surface area contributed by atoms with Crippen molar-refractivity contribution in [3.63, 3.8) is 0 Å². The number of benzene rings is 2. The van der Waals surface area contributed by atoms with Gasteiger partial charge in [-0.25, -0.2) is 9.48 Å². The highest BCUT2D eigenvalue weighted by atomic mass is 32.2. The average molecular weight is 526 g/mol. The van der Waals surface area contributed by atoms with Crippen LogP contribution in [0.15, 0.2) is 47.5 Å². The Morgan fingerprint density at radius 1 is 1.03 bits per heavy atom. The summed E-state index contributed by atoms with van der Waals surface area (Å²) in [7, 11) is 0. The molecule has 2 amide bonds. The number of carbonyl (C=O) groups is 3. The van der Waals surface area contributed by atoms with Gasteiger partial charge >= 0.3 is 5.97 Å². The zero-order chi connectivity index (χ0) is 28.1. The van der Waals surface area contributed by atoms with Crippen molar-refractivity contribution in [1.82, 2.24) is 15.0 Å². The number of nitrogens with one attached hydrogen (secondary N) is 1. The van der Waals surface area contributed by atoms with Crippen LogP contribution in [0.3, 0.4) is 0 Å². The standard InChI is InChI=1S/C22H24N4O3S.C5H11NO/c1-13-6-7-14(10-18(13)26-12-17(21(28)29)24-25-26)20(27)23-16-11-15(22(2,3)4)8-9-19(16)30-5;1-5(2,3)4(6)7/h6-12H,1-5H3,(H,23,27)(H,28,29);1-3H3,(H2,6,7). The highest BCUT2D eigenvalue weighted by Crippen LogP contribution is 2.32. The van der Waals surface area contributed by atoms with Crippen molar-refractivity contribution in [3.05, 3.63) is 65.0 Å². The summed E-state index contributed by atoms with van der Waals surface area (Å²) >= 11 is 1.57. The van der Waals surface area contributed by atoms with E-state index >= 15 is 0 Å². The minimum Gasteiger partial charge on any atom is -0.476 e. The molecule has 3 rings (SSSR count). The fourth-order valence-electron chi connectivity index (χ4n) is 2.94. The monoisotopic (exact) mass is 525 g/mol. The zero-order valence-corrected chi connectivity index (χ0v) is 23.4. The van der Waals surface area contributed by atoms with Crippen molar-refractivity contribution in [3.8, 4) is 5.69 Å². The van der Waals surface area contributed by atoms with Crippen molar-refractivity contribution in [2.45, 2.75) is 58.8 Å². The second-order valence-corrected chi connectivity index (χ2v) is 11.4. The molecule has 0 atom stereocenters. The van der Waals surface area contributed by atoms with Gasteiger partial charge in [0.1, 0.15) is 0 Å². The zero-order valence-electron chi connectivity index (χ0n) is 22.5. The number of carboxylic acid groups (broad SMARTS) is 1. The lowest BCUT2D eigenvalue weighted by atomic mass is 9.87. The first-order valence-corrected chi connectivity index (χ1v) is 12.8. The summed E-state index contributed by atoms with van der Waals surface area (Å²) in [6.07, 6.45) is 3.29. The third kappa shape index (κ3) is 7.91. The summed E-state index contributed by atoms with van der Waals surface area (Å²) in [4.78, 5) is 35.3. The smallest absolute Gasteiger partial charge is 0.358 e. The highest BCUT2D eigenvalue weighted by molar-refractivity contribution is 7.98. The van der Waals surface area contributed by atoms with E-state index < -0.39 is 5.97 Å². The van der Waals surface area contributed by atoms with E-state index in [0.29, 0.717) is 11.3 Å². The lowest BCUT2D eigenvalue weighted by Crippen LogP contribution is -2.27. The maximum absolute atomic E-state index is 13.0. The van der Waals surface area contributed by atoms with Gasteiger partial charge in [-0.3, -0.25) is 9.59 Å². The van der Waals surface area contributed by atoms with E-state index in [-0.39, 0.29) is 28.3 Å². The number of amides is 2. The van der Waals surface area contributed by atoms with Crippen LogP contribution in [-0.2, 0) is 10.2 Å². The molecular formula is C27H35N5O4S. The van der Waals surface area contributed by atoms with E-state index in [1.807, 2.05) is 25.3 Å². The quantitative estimate of drug-likeness (QED) is 0.395. The Bertz CT molecular complexity index is 1300. The fraction of sp³-hybridized carbons (Fsp3) is 0.370. The molecular weight excluding hydrogens is 490 g/mol. The predicted octanol–water partition coefficient (Wildman–Crippen LogP) is 5.06. The van der Waals surface area contributed by atoms with Gasteiger partial charge in [0.2, 0.25) is 5.91 Å². The van der Waals surface area contributed by atoms with Crippen molar-refractivity contribution in [2.75, 3.05) is 11.6 Å². The minimum atomic E-state index is -1.16. The Morgan fingerprint density at radius 3 is 2.14 bits per heavy atom. The largest absolute Gasteiger partial charge is 0.476 e. The molecule has 4 N–H and O–H groups in total. The Labute approximate surface area is 221 Å². The van der Waals surface area contributed by atoms with E-state index in [4.69, 9.17) is 10.8 Å². The van der Waals surface area contributed by atoms with Crippen LogP contribution in [0.5, 0.6) is 0 Å². The van der Waals surface area contributed by atoms with E-state index in [1.54, 1.807) is 50.7 Å². The molecule has 1 aromatic heterocycles. The lowest BCUT2D eigenvalue weighted by molar-refractivity contribution is -0.125. The first kappa shape index (κ1) is 29.6. The number of nitrogens with zero attached hydrogens (tertiary/aromatic N) is 3. The Balaban J connectivity index is 0.000000604. The molecule has 9 nitrogen and oxygen atoms in total. The average Bonchev–Trinajstić information content (AvgIpc) is 3.29. The van der Waals surface area contributed by atoms with Gasteiger partial charge in [-0.2, -0.15) is 0 Å². The minimum absolute atomic E-state index is 0.0393. The highest BCUT2D eigenvalue weighted by Gasteiger charge is 2.18. The van der Waals surface area contributed by atoms with Crippen molar-refractivity contribution < 1.29 is 19.5 Å². The Kier molecular flexibility index (Phi) is 9.27. The topological polar surface area (TPSA) is 140 Å². The first-order chi connectivity index (χ1) is 17.0. The molecule has 10 heteroatoms. The van der Waals surface area contributed by atoms with Crippen LogP contribution in [0.4, 0.5) is 5.69 Å². The molecule has 1 heterocycles. The molecule has 0 saturated heterocycles. The van der Waals surface area contributed by atoms with Gasteiger partial charge in [0, 0.05) is 15.9 Å². The van der Waals surface area contributed by atoms with E-state index in [9.17, 15) is 14.4 Å². The molecule has 0 aliphatic rings. The maximum atomic E-state index is 13.0. The number of thioether (sulfide) groups is 1.